The summed E-state index contributed by atoms with van der Waals surface area (Å²) in [7, 11) is 2.09. The standard InChI is InChI=1S/C19H28N4O2S.HI/c1-15-12-21-18(26-15)6-9-23(2)19(22-13-16-7-11-24-14-16)20-8-5-17-4-3-10-25-17;/h3-4,10,12,16H,5-9,11,13-14H2,1-2H3,(H,20,22);1H. The summed E-state index contributed by atoms with van der Waals surface area (Å²) in [5.41, 5.74) is 0. The van der Waals surface area contributed by atoms with E-state index in [-0.39, 0.29) is 24.0 Å². The van der Waals surface area contributed by atoms with Gasteiger partial charge in [0.1, 0.15) is 5.76 Å². The Kier molecular flexibility index (Phi) is 9.57. The summed E-state index contributed by atoms with van der Waals surface area (Å²) in [4.78, 5) is 12.7. The van der Waals surface area contributed by atoms with Crippen LogP contribution in [0.25, 0.3) is 0 Å². The van der Waals surface area contributed by atoms with Gasteiger partial charge in [0.25, 0.3) is 0 Å². The van der Waals surface area contributed by atoms with Gasteiger partial charge in [0.15, 0.2) is 5.96 Å². The zero-order chi connectivity index (χ0) is 18.2. The van der Waals surface area contributed by atoms with Gasteiger partial charge in [-0.05, 0) is 25.5 Å². The van der Waals surface area contributed by atoms with E-state index in [1.807, 2.05) is 18.3 Å². The number of aromatic nitrogens is 1. The third kappa shape index (κ3) is 7.42. The zero-order valence-electron chi connectivity index (χ0n) is 16.0. The van der Waals surface area contributed by atoms with Crippen molar-refractivity contribution >= 4 is 41.3 Å². The average molecular weight is 504 g/mol. The predicted octanol–water partition coefficient (Wildman–Crippen LogP) is 3.36. The zero-order valence-corrected chi connectivity index (χ0v) is 19.2. The van der Waals surface area contributed by atoms with Gasteiger partial charge in [0.2, 0.25) is 0 Å². The summed E-state index contributed by atoms with van der Waals surface area (Å²) in [5.74, 6) is 2.46. The number of aliphatic imine (C=N–C) groups is 1. The Labute approximate surface area is 182 Å². The molecule has 2 aromatic heterocycles. The second-order valence-electron chi connectivity index (χ2n) is 6.69. The average Bonchev–Trinajstić information content (AvgIpc) is 3.38. The van der Waals surface area contributed by atoms with E-state index in [0.29, 0.717) is 5.92 Å². The van der Waals surface area contributed by atoms with Gasteiger partial charge in [-0.15, -0.1) is 35.3 Å². The number of nitrogens with one attached hydrogen (secondary N) is 1. The van der Waals surface area contributed by atoms with Gasteiger partial charge in [-0.1, -0.05) is 0 Å². The van der Waals surface area contributed by atoms with Crippen molar-refractivity contribution in [2.45, 2.75) is 26.2 Å². The Bertz CT molecular complexity index is 684. The maximum Gasteiger partial charge on any atom is 0.193 e. The number of hydrogen-bond donors (Lipinski definition) is 1. The molecule has 0 saturated carbocycles. The molecule has 27 heavy (non-hydrogen) atoms. The summed E-state index contributed by atoms with van der Waals surface area (Å²) < 4.78 is 10.9. The van der Waals surface area contributed by atoms with Crippen LogP contribution in [0.4, 0.5) is 0 Å². The van der Waals surface area contributed by atoms with E-state index in [4.69, 9.17) is 14.1 Å². The largest absolute Gasteiger partial charge is 0.469 e. The Morgan fingerprint density at radius 3 is 3.00 bits per heavy atom. The lowest BCUT2D eigenvalue weighted by Gasteiger charge is -2.22. The van der Waals surface area contributed by atoms with Gasteiger partial charge in [-0.3, -0.25) is 4.99 Å². The minimum Gasteiger partial charge on any atom is -0.469 e. The van der Waals surface area contributed by atoms with Gasteiger partial charge in [0, 0.05) is 63.1 Å². The maximum atomic E-state index is 5.47. The molecule has 1 atom stereocenters. The van der Waals surface area contributed by atoms with Crippen molar-refractivity contribution in [3.63, 3.8) is 0 Å². The van der Waals surface area contributed by atoms with E-state index < -0.39 is 0 Å². The van der Waals surface area contributed by atoms with E-state index in [2.05, 4.69) is 29.2 Å². The van der Waals surface area contributed by atoms with E-state index >= 15 is 0 Å². The molecule has 1 fully saturated rings. The fourth-order valence-corrected chi connectivity index (χ4v) is 3.67. The van der Waals surface area contributed by atoms with Crippen molar-refractivity contribution in [2.24, 2.45) is 10.9 Å². The number of halogens is 1. The molecule has 1 N–H and O–H groups in total. The molecule has 1 aliphatic rings. The van der Waals surface area contributed by atoms with Crippen LogP contribution in [0.1, 0.15) is 22.1 Å². The van der Waals surface area contributed by atoms with Crippen LogP contribution < -0.4 is 5.32 Å². The molecule has 0 bridgehead atoms. The van der Waals surface area contributed by atoms with Crippen LogP contribution in [0.3, 0.4) is 0 Å². The molecule has 3 rings (SSSR count). The first-order chi connectivity index (χ1) is 12.7. The second kappa shape index (κ2) is 11.7. The fourth-order valence-electron chi connectivity index (χ4n) is 2.89. The predicted molar refractivity (Wildman–Crippen MR) is 120 cm³/mol. The quantitative estimate of drug-likeness (QED) is 0.340. The summed E-state index contributed by atoms with van der Waals surface area (Å²) in [6, 6.07) is 3.93. The third-order valence-electron chi connectivity index (χ3n) is 4.45. The first-order valence-corrected chi connectivity index (χ1v) is 10.0. The fraction of sp³-hybridized carbons (Fsp3) is 0.579. The Hall–Kier alpha value is -1.13. The minimum absolute atomic E-state index is 0. The van der Waals surface area contributed by atoms with E-state index in [1.165, 1.54) is 9.88 Å². The number of guanidine groups is 1. The Morgan fingerprint density at radius 2 is 2.33 bits per heavy atom. The van der Waals surface area contributed by atoms with Gasteiger partial charge in [-0.25, -0.2) is 4.98 Å². The smallest absolute Gasteiger partial charge is 0.193 e. The molecular weight excluding hydrogens is 475 g/mol. The number of nitrogens with zero attached hydrogens (tertiary/aromatic N) is 3. The third-order valence-corrected chi connectivity index (χ3v) is 5.42. The van der Waals surface area contributed by atoms with E-state index in [0.717, 1.165) is 63.8 Å². The van der Waals surface area contributed by atoms with Gasteiger partial charge >= 0.3 is 0 Å². The van der Waals surface area contributed by atoms with Crippen molar-refractivity contribution in [1.29, 1.82) is 0 Å². The molecule has 150 valence electrons. The van der Waals surface area contributed by atoms with Crippen LogP contribution in [0, 0.1) is 12.8 Å². The molecule has 1 unspecified atom stereocenters. The molecule has 0 amide bonds. The topological polar surface area (TPSA) is 62.9 Å². The lowest BCUT2D eigenvalue weighted by Crippen LogP contribution is -2.41. The lowest BCUT2D eigenvalue weighted by molar-refractivity contribution is 0.187. The van der Waals surface area contributed by atoms with Crippen LogP contribution in [0.2, 0.25) is 0 Å². The van der Waals surface area contributed by atoms with Gasteiger partial charge in [-0.2, -0.15) is 0 Å². The van der Waals surface area contributed by atoms with Crippen molar-refractivity contribution in [2.75, 3.05) is 39.9 Å². The molecule has 8 heteroatoms. The Balaban J connectivity index is 0.00000261. The molecule has 0 aliphatic carbocycles. The maximum absolute atomic E-state index is 5.47. The Morgan fingerprint density at radius 1 is 1.44 bits per heavy atom. The SMILES string of the molecule is Cc1cnc(CCN(C)C(=NCC2CCOC2)NCCc2ccco2)s1.I. The number of ether oxygens (including phenoxy) is 1. The second-order valence-corrected chi connectivity index (χ2v) is 8.01. The molecule has 2 aromatic rings. The van der Waals surface area contributed by atoms with E-state index in [1.54, 1.807) is 17.6 Å². The van der Waals surface area contributed by atoms with Gasteiger partial charge < -0.3 is 19.4 Å². The first-order valence-electron chi connectivity index (χ1n) is 9.21. The number of hydrogen-bond acceptors (Lipinski definition) is 5. The molecule has 1 saturated heterocycles. The number of rotatable bonds is 8. The van der Waals surface area contributed by atoms with Crippen molar-refractivity contribution < 1.29 is 9.15 Å². The summed E-state index contributed by atoms with van der Waals surface area (Å²) in [6.07, 6.45) is 6.53. The monoisotopic (exact) mass is 504 g/mol. The highest BCUT2D eigenvalue weighted by Gasteiger charge is 2.16. The molecule has 0 aromatic carbocycles. The highest BCUT2D eigenvalue weighted by Crippen LogP contribution is 2.13. The summed E-state index contributed by atoms with van der Waals surface area (Å²) in [6.45, 7) is 6.28. The molecular formula is C19H29IN4O2S. The van der Waals surface area contributed by atoms with Crippen molar-refractivity contribution in [3.05, 3.63) is 40.2 Å². The summed E-state index contributed by atoms with van der Waals surface area (Å²) >= 11 is 1.76. The first kappa shape index (κ1) is 22.2. The van der Waals surface area contributed by atoms with Crippen LogP contribution in [0.5, 0.6) is 0 Å². The van der Waals surface area contributed by atoms with Gasteiger partial charge in [0.05, 0.1) is 17.9 Å². The van der Waals surface area contributed by atoms with Crippen LogP contribution in [0.15, 0.2) is 34.0 Å². The molecule has 1 aliphatic heterocycles. The normalized spacial score (nSPS) is 17.0. The van der Waals surface area contributed by atoms with Crippen LogP contribution in [-0.2, 0) is 17.6 Å². The molecule has 0 radical (unpaired) electrons. The number of furan rings is 1. The molecule has 0 spiro atoms. The number of thiazole rings is 1. The highest BCUT2D eigenvalue weighted by molar-refractivity contribution is 14.0. The van der Waals surface area contributed by atoms with Crippen molar-refractivity contribution in [1.82, 2.24) is 15.2 Å². The molecule has 6 nitrogen and oxygen atoms in total. The minimum atomic E-state index is 0. The summed E-state index contributed by atoms with van der Waals surface area (Å²) in [5, 5.41) is 4.66. The molecule has 3 heterocycles. The van der Waals surface area contributed by atoms with Crippen LogP contribution in [-0.4, -0.2) is 55.7 Å². The number of likely N-dealkylation sites (N-methyl/N-ethyl adjacent to an activating group) is 1. The number of aryl methyl sites for hydroxylation is 1. The highest BCUT2D eigenvalue weighted by atomic mass is 127. The van der Waals surface area contributed by atoms with E-state index in [9.17, 15) is 0 Å². The lowest BCUT2D eigenvalue weighted by atomic mass is 10.1. The van der Waals surface area contributed by atoms with Crippen LogP contribution >= 0.6 is 35.3 Å². The van der Waals surface area contributed by atoms with Crippen molar-refractivity contribution in [3.8, 4) is 0 Å².